The molecule has 2 rings (SSSR count). The summed E-state index contributed by atoms with van der Waals surface area (Å²) in [4.78, 5) is 2.21. The molecule has 84 valence electrons. The van der Waals surface area contributed by atoms with E-state index in [0.29, 0.717) is 11.3 Å². The summed E-state index contributed by atoms with van der Waals surface area (Å²) in [7, 11) is 2.08. The van der Waals surface area contributed by atoms with Gasteiger partial charge in [0, 0.05) is 19.3 Å². The van der Waals surface area contributed by atoms with E-state index in [0.717, 1.165) is 24.1 Å². The van der Waals surface area contributed by atoms with Gasteiger partial charge in [-0.2, -0.15) is 5.26 Å². The number of hydrogen-bond acceptors (Lipinski definition) is 3. The van der Waals surface area contributed by atoms with Crippen LogP contribution in [-0.2, 0) is 0 Å². The number of nitrogens with two attached hydrogens (primary N) is 1. The standard InChI is InChI=1S/C13H17N3/c1-9-5-11(9)8-16(2)12-4-3-10(7-14)13(15)6-12/h3-4,6,9,11H,5,8,15H2,1-2H3. The molecule has 2 atom stereocenters. The zero-order valence-electron chi connectivity index (χ0n) is 9.77. The van der Waals surface area contributed by atoms with E-state index in [1.807, 2.05) is 12.1 Å². The molecule has 0 aromatic heterocycles. The van der Waals surface area contributed by atoms with Gasteiger partial charge in [0.15, 0.2) is 0 Å². The van der Waals surface area contributed by atoms with Crippen molar-refractivity contribution in [3.63, 3.8) is 0 Å². The first-order valence-electron chi connectivity index (χ1n) is 5.62. The zero-order valence-corrected chi connectivity index (χ0v) is 9.77. The van der Waals surface area contributed by atoms with Crippen molar-refractivity contribution in [3.8, 4) is 6.07 Å². The lowest BCUT2D eigenvalue weighted by Gasteiger charge is -2.19. The molecule has 0 heterocycles. The van der Waals surface area contributed by atoms with E-state index in [9.17, 15) is 0 Å². The number of benzene rings is 1. The summed E-state index contributed by atoms with van der Waals surface area (Å²) in [5, 5.41) is 8.79. The lowest BCUT2D eigenvalue weighted by atomic mass is 10.1. The predicted molar refractivity (Wildman–Crippen MR) is 66.1 cm³/mol. The number of rotatable bonds is 3. The summed E-state index contributed by atoms with van der Waals surface area (Å²) in [6, 6.07) is 7.71. The molecule has 0 bridgehead atoms. The molecule has 1 aliphatic carbocycles. The van der Waals surface area contributed by atoms with Crippen molar-refractivity contribution in [2.45, 2.75) is 13.3 Å². The summed E-state index contributed by atoms with van der Waals surface area (Å²) < 4.78 is 0. The molecule has 1 fully saturated rings. The van der Waals surface area contributed by atoms with Crippen LogP contribution in [-0.4, -0.2) is 13.6 Å². The van der Waals surface area contributed by atoms with Crippen molar-refractivity contribution >= 4 is 11.4 Å². The van der Waals surface area contributed by atoms with Crippen LogP contribution in [0.2, 0.25) is 0 Å². The van der Waals surface area contributed by atoms with Crippen molar-refractivity contribution in [2.75, 3.05) is 24.2 Å². The predicted octanol–water partition coefficient (Wildman–Crippen LogP) is 2.23. The van der Waals surface area contributed by atoms with Crippen LogP contribution in [0.15, 0.2) is 18.2 Å². The third-order valence-corrected chi connectivity index (χ3v) is 3.38. The van der Waals surface area contributed by atoms with Gasteiger partial charge in [-0.15, -0.1) is 0 Å². The Morgan fingerprint density at radius 3 is 2.75 bits per heavy atom. The number of hydrogen-bond donors (Lipinski definition) is 1. The van der Waals surface area contributed by atoms with Gasteiger partial charge in [0.1, 0.15) is 6.07 Å². The Hall–Kier alpha value is -1.69. The van der Waals surface area contributed by atoms with E-state index < -0.39 is 0 Å². The Morgan fingerprint density at radius 1 is 1.56 bits per heavy atom. The van der Waals surface area contributed by atoms with Gasteiger partial charge in [0.05, 0.1) is 11.3 Å². The molecular formula is C13H17N3. The fourth-order valence-electron chi connectivity index (χ4n) is 2.00. The highest BCUT2D eigenvalue weighted by atomic mass is 15.1. The third-order valence-electron chi connectivity index (χ3n) is 3.38. The fourth-order valence-corrected chi connectivity index (χ4v) is 2.00. The molecule has 1 aliphatic rings. The number of anilines is 2. The maximum absolute atomic E-state index is 8.79. The maximum atomic E-state index is 8.79. The molecule has 3 nitrogen and oxygen atoms in total. The fraction of sp³-hybridized carbons (Fsp3) is 0.462. The molecule has 1 aromatic rings. The molecule has 2 unspecified atom stereocenters. The van der Waals surface area contributed by atoms with Crippen LogP contribution in [0.5, 0.6) is 0 Å². The van der Waals surface area contributed by atoms with Crippen LogP contribution in [0.4, 0.5) is 11.4 Å². The van der Waals surface area contributed by atoms with Crippen molar-refractivity contribution in [2.24, 2.45) is 11.8 Å². The van der Waals surface area contributed by atoms with Crippen molar-refractivity contribution in [1.82, 2.24) is 0 Å². The Morgan fingerprint density at radius 2 is 2.25 bits per heavy atom. The molecule has 1 aromatic carbocycles. The lowest BCUT2D eigenvalue weighted by Crippen LogP contribution is -2.20. The molecule has 16 heavy (non-hydrogen) atoms. The van der Waals surface area contributed by atoms with Gasteiger partial charge in [0.25, 0.3) is 0 Å². The van der Waals surface area contributed by atoms with Gasteiger partial charge in [-0.3, -0.25) is 0 Å². The van der Waals surface area contributed by atoms with E-state index in [1.54, 1.807) is 6.07 Å². The SMILES string of the molecule is CC1CC1CN(C)c1ccc(C#N)c(N)c1. The summed E-state index contributed by atoms with van der Waals surface area (Å²) in [6.45, 7) is 3.36. The van der Waals surface area contributed by atoms with Crippen LogP contribution in [0.1, 0.15) is 18.9 Å². The summed E-state index contributed by atoms with van der Waals surface area (Å²) in [5.74, 6) is 1.68. The maximum Gasteiger partial charge on any atom is 0.101 e. The molecular weight excluding hydrogens is 198 g/mol. The lowest BCUT2D eigenvalue weighted by molar-refractivity contribution is 0.725. The molecule has 0 spiro atoms. The van der Waals surface area contributed by atoms with Gasteiger partial charge < -0.3 is 10.6 Å². The van der Waals surface area contributed by atoms with Gasteiger partial charge >= 0.3 is 0 Å². The van der Waals surface area contributed by atoms with Crippen molar-refractivity contribution in [3.05, 3.63) is 23.8 Å². The average Bonchev–Trinajstić information content (AvgIpc) is 2.94. The van der Waals surface area contributed by atoms with E-state index in [2.05, 4.69) is 24.9 Å². The highest BCUT2D eigenvalue weighted by Gasteiger charge is 2.33. The van der Waals surface area contributed by atoms with Gasteiger partial charge in [-0.1, -0.05) is 6.92 Å². The smallest absolute Gasteiger partial charge is 0.101 e. The minimum atomic E-state index is 0.553. The summed E-state index contributed by atoms with van der Waals surface area (Å²) in [6.07, 6.45) is 1.33. The second-order valence-corrected chi connectivity index (χ2v) is 4.74. The highest BCUT2D eigenvalue weighted by Crippen LogP contribution is 2.38. The second-order valence-electron chi connectivity index (χ2n) is 4.74. The number of nitrogen functional groups attached to an aromatic ring is 1. The van der Waals surface area contributed by atoms with Crippen LogP contribution >= 0.6 is 0 Å². The number of nitrogens with zero attached hydrogens (tertiary/aromatic N) is 2. The first-order chi connectivity index (χ1) is 7.61. The normalized spacial score (nSPS) is 22.6. The summed E-state index contributed by atoms with van der Waals surface area (Å²) >= 11 is 0. The minimum absolute atomic E-state index is 0.553. The monoisotopic (exact) mass is 215 g/mol. The minimum Gasteiger partial charge on any atom is -0.398 e. The van der Waals surface area contributed by atoms with Crippen molar-refractivity contribution in [1.29, 1.82) is 5.26 Å². The van der Waals surface area contributed by atoms with E-state index in [4.69, 9.17) is 11.0 Å². The Labute approximate surface area is 96.5 Å². The molecule has 3 heteroatoms. The zero-order chi connectivity index (χ0) is 11.7. The Bertz CT molecular complexity index is 433. The van der Waals surface area contributed by atoms with E-state index in [1.165, 1.54) is 6.42 Å². The molecule has 0 aliphatic heterocycles. The van der Waals surface area contributed by atoms with Crippen LogP contribution in [0.3, 0.4) is 0 Å². The molecule has 0 saturated heterocycles. The van der Waals surface area contributed by atoms with Crippen LogP contribution in [0, 0.1) is 23.2 Å². The highest BCUT2D eigenvalue weighted by molar-refractivity contribution is 5.63. The van der Waals surface area contributed by atoms with E-state index in [-0.39, 0.29) is 0 Å². The van der Waals surface area contributed by atoms with Crippen LogP contribution in [0.25, 0.3) is 0 Å². The summed E-state index contributed by atoms with van der Waals surface area (Å²) in [5.41, 5.74) is 8.01. The topological polar surface area (TPSA) is 53.0 Å². The average molecular weight is 215 g/mol. The molecule has 2 N–H and O–H groups in total. The number of nitriles is 1. The molecule has 0 radical (unpaired) electrons. The second kappa shape index (κ2) is 4.05. The Balaban J connectivity index is 2.09. The van der Waals surface area contributed by atoms with Crippen molar-refractivity contribution < 1.29 is 0 Å². The first kappa shape index (κ1) is 10.8. The third kappa shape index (κ3) is 2.11. The molecule has 0 amide bonds. The largest absolute Gasteiger partial charge is 0.398 e. The molecule has 1 saturated carbocycles. The van der Waals surface area contributed by atoms with E-state index >= 15 is 0 Å². The first-order valence-corrected chi connectivity index (χ1v) is 5.62. The van der Waals surface area contributed by atoms with Crippen LogP contribution < -0.4 is 10.6 Å². The van der Waals surface area contributed by atoms with Gasteiger partial charge in [-0.05, 0) is 36.5 Å². The quantitative estimate of drug-likeness (QED) is 0.787. The van der Waals surface area contributed by atoms with Gasteiger partial charge in [-0.25, -0.2) is 0 Å². The Kier molecular flexibility index (Phi) is 2.74. The van der Waals surface area contributed by atoms with Gasteiger partial charge in [0.2, 0.25) is 0 Å².